The maximum absolute atomic E-state index is 14.8. The smallest absolute Gasteiger partial charge is 0.310 e. The topological polar surface area (TPSA) is 109 Å². The number of nitrogens with one attached hydrogen (secondary N) is 1. The highest BCUT2D eigenvalue weighted by Gasteiger charge is 2.46. The number of carboxylic acid groups (broad SMARTS) is 1. The average Bonchev–Trinajstić information content (AvgIpc) is 3.06. The number of fused-ring (bicyclic) bond motifs is 2. The largest absolute Gasteiger partial charge is 0.481 e. The van der Waals surface area contributed by atoms with Crippen LogP contribution in [-0.4, -0.2) is 48.7 Å². The fourth-order valence-corrected chi connectivity index (χ4v) is 5.80. The zero-order chi connectivity index (χ0) is 25.2. The van der Waals surface area contributed by atoms with Crippen LogP contribution in [0, 0.1) is 17.6 Å². The Morgan fingerprint density at radius 2 is 2.00 bits per heavy atom. The molecule has 11 heteroatoms. The molecule has 0 spiro atoms. The second-order valence-corrected chi connectivity index (χ2v) is 11.0. The lowest BCUT2D eigenvalue weighted by atomic mass is 9.84. The predicted molar refractivity (Wildman–Crippen MR) is 126 cm³/mol. The highest BCUT2D eigenvalue weighted by molar-refractivity contribution is 7.91. The number of sulfone groups is 1. The van der Waals surface area contributed by atoms with E-state index in [2.05, 4.69) is 5.32 Å². The van der Waals surface area contributed by atoms with Crippen LogP contribution in [-0.2, 0) is 21.7 Å². The summed E-state index contributed by atoms with van der Waals surface area (Å²) in [6.07, 6.45) is 5.75. The van der Waals surface area contributed by atoms with Gasteiger partial charge < -0.3 is 19.9 Å². The van der Waals surface area contributed by atoms with Crippen molar-refractivity contribution in [3.63, 3.8) is 0 Å². The van der Waals surface area contributed by atoms with Crippen molar-refractivity contribution in [1.29, 1.82) is 0 Å². The molecule has 3 heterocycles. The molecule has 0 radical (unpaired) electrons. The van der Waals surface area contributed by atoms with E-state index in [1.165, 1.54) is 21.7 Å². The van der Waals surface area contributed by atoms with E-state index in [4.69, 9.17) is 0 Å². The maximum Gasteiger partial charge on any atom is 0.310 e. The van der Waals surface area contributed by atoms with Crippen LogP contribution in [0.5, 0.6) is 0 Å². The molecular weight excluding hydrogens is 480 g/mol. The van der Waals surface area contributed by atoms with Crippen LogP contribution >= 0.6 is 0 Å². The number of nitrogens with zero attached hydrogens (tertiary/aromatic N) is 2. The number of aliphatic carboxylic acids is 1. The lowest BCUT2D eigenvalue weighted by Crippen LogP contribution is -2.49. The molecule has 8 nitrogen and oxygen atoms in total. The van der Waals surface area contributed by atoms with Gasteiger partial charge in [-0.2, -0.15) is 0 Å². The molecule has 2 aromatic rings. The van der Waals surface area contributed by atoms with Gasteiger partial charge in [-0.05, 0) is 41.0 Å². The van der Waals surface area contributed by atoms with Crippen molar-refractivity contribution in [2.45, 2.75) is 6.04 Å². The van der Waals surface area contributed by atoms with Crippen molar-refractivity contribution >= 4 is 32.8 Å². The first kappa shape index (κ1) is 23.0. The number of aryl methyl sites for hydroxylation is 1. The van der Waals surface area contributed by atoms with Crippen LogP contribution in [0.1, 0.15) is 11.1 Å². The first-order valence-corrected chi connectivity index (χ1v) is 12.8. The van der Waals surface area contributed by atoms with Gasteiger partial charge in [0.05, 0.1) is 34.7 Å². The molecule has 1 aliphatic carbocycles. The monoisotopic (exact) mass is 501 g/mol. The molecule has 2 atom stereocenters. The van der Waals surface area contributed by atoms with Gasteiger partial charge in [0.25, 0.3) is 5.56 Å². The Labute approximate surface area is 199 Å². The van der Waals surface area contributed by atoms with Gasteiger partial charge in [-0.25, -0.2) is 17.2 Å². The van der Waals surface area contributed by atoms with Gasteiger partial charge in [-0.15, -0.1) is 0 Å². The quantitative estimate of drug-likeness (QED) is 0.659. The first-order chi connectivity index (χ1) is 16.5. The zero-order valence-electron chi connectivity index (χ0n) is 18.7. The minimum absolute atomic E-state index is 0.0313. The third-order valence-corrected chi connectivity index (χ3v) is 7.29. The molecule has 0 amide bonds. The Morgan fingerprint density at radius 3 is 2.66 bits per heavy atom. The Hall–Kier alpha value is -3.73. The number of allylic oxidation sites excluding steroid dienone is 1. The van der Waals surface area contributed by atoms with Crippen LogP contribution in [0.25, 0.3) is 11.3 Å². The maximum atomic E-state index is 14.8. The van der Waals surface area contributed by atoms with Crippen molar-refractivity contribution in [2.24, 2.45) is 13.0 Å². The molecule has 2 unspecified atom stereocenters. The molecule has 182 valence electrons. The molecule has 1 aromatic heterocycles. The summed E-state index contributed by atoms with van der Waals surface area (Å²) < 4.78 is 54.3. The summed E-state index contributed by atoms with van der Waals surface area (Å²) in [5, 5.41) is 13.0. The Kier molecular flexibility index (Phi) is 5.20. The minimum Gasteiger partial charge on any atom is -0.481 e. The average molecular weight is 502 g/mol. The minimum atomic E-state index is -3.51. The molecule has 2 N–H and O–H groups in total. The van der Waals surface area contributed by atoms with Crippen LogP contribution in [0.15, 0.2) is 58.7 Å². The molecule has 0 bridgehead atoms. The third kappa shape index (κ3) is 3.75. The zero-order valence-corrected chi connectivity index (χ0v) is 19.6. The normalized spacial score (nSPS) is 21.0. The molecule has 0 fully saturated rings. The molecule has 35 heavy (non-hydrogen) atoms. The van der Waals surface area contributed by atoms with Crippen molar-refractivity contribution in [2.75, 3.05) is 23.5 Å². The molecule has 0 saturated heterocycles. The molecule has 3 aliphatic rings. The predicted octanol–water partition coefficient (Wildman–Crippen LogP) is 1.89. The molecular formula is C24H21F2N3O5S. The summed E-state index contributed by atoms with van der Waals surface area (Å²) in [4.78, 5) is 26.9. The van der Waals surface area contributed by atoms with Crippen LogP contribution in [0.2, 0.25) is 0 Å². The van der Waals surface area contributed by atoms with E-state index in [0.717, 1.165) is 12.3 Å². The SMILES string of the molecule is Cn1ccc2c(c1=O)C1=C3C(=CN(c4ccc(F)cc4F)C3C(C(=O)O)CN1)C=C2CS(C)(=O)=O. The summed E-state index contributed by atoms with van der Waals surface area (Å²) in [7, 11) is -1.95. The number of halogens is 2. The van der Waals surface area contributed by atoms with Crippen molar-refractivity contribution in [3.8, 4) is 0 Å². The number of benzene rings is 1. The number of carboxylic acids is 1. The standard InChI is InChI=1S/C24H21F2N3O5S/c1-28-6-5-15-13(11-35(2,33)34)7-12-10-29(18-4-3-14(25)8-17(18)26)22-16(24(31)32)9-27-21(19(12)22)20(15)23(28)30/h3-8,10,16,22,27H,9,11H2,1-2H3,(H,31,32). The van der Waals surface area contributed by atoms with Crippen molar-refractivity contribution in [1.82, 2.24) is 9.88 Å². The van der Waals surface area contributed by atoms with Gasteiger partial charge in [0.2, 0.25) is 0 Å². The van der Waals surface area contributed by atoms with Gasteiger partial charge in [0, 0.05) is 43.9 Å². The second-order valence-electron chi connectivity index (χ2n) is 8.91. The van der Waals surface area contributed by atoms with Gasteiger partial charge in [0.15, 0.2) is 9.84 Å². The number of pyridine rings is 1. The molecule has 0 saturated carbocycles. The van der Waals surface area contributed by atoms with E-state index in [1.54, 1.807) is 25.4 Å². The van der Waals surface area contributed by atoms with Gasteiger partial charge >= 0.3 is 5.97 Å². The Balaban J connectivity index is 1.83. The lowest BCUT2D eigenvalue weighted by molar-refractivity contribution is -0.141. The number of rotatable bonds is 4. The number of hydrogen-bond donors (Lipinski definition) is 2. The fourth-order valence-electron chi connectivity index (χ4n) is 4.99. The van der Waals surface area contributed by atoms with Crippen molar-refractivity contribution < 1.29 is 27.1 Å². The molecule has 5 rings (SSSR count). The fraction of sp³-hybridized carbons (Fsp3) is 0.250. The van der Waals surface area contributed by atoms with E-state index in [1.807, 2.05) is 0 Å². The Bertz CT molecular complexity index is 1560. The number of aromatic nitrogens is 1. The van der Waals surface area contributed by atoms with Gasteiger partial charge in [-0.1, -0.05) is 0 Å². The van der Waals surface area contributed by atoms with E-state index >= 15 is 0 Å². The molecule has 2 aliphatic heterocycles. The first-order valence-electron chi connectivity index (χ1n) is 10.7. The number of anilines is 1. The summed E-state index contributed by atoms with van der Waals surface area (Å²) in [6.45, 7) is -0.0574. The van der Waals surface area contributed by atoms with Gasteiger partial charge in [-0.3, -0.25) is 9.59 Å². The Morgan fingerprint density at radius 1 is 1.26 bits per heavy atom. The number of hydrogen-bond acceptors (Lipinski definition) is 6. The summed E-state index contributed by atoms with van der Waals surface area (Å²) >= 11 is 0. The van der Waals surface area contributed by atoms with E-state index < -0.39 is 45.0 Å². The second kappa shape index (κ2) is 7.91. The summed E-state index contributed by atoms with van der Waals surface area (Å²) in [5.74, 6) is -4.18. The summed E-state index contributed by atoms with van der Waals surface area (Å²) in [5.41, 5.74) is 1.85. The number of carbonyl (C=O) groups is 1. The lowest BCUT2D eigenvalue weighted by Gasteiger charge is -2.36. The van der Waals surface area contributed by atoms with Crippen molar-refractivity contribution in [3.05, 3.63) is 87.0 Å². The van der Waals surface area contributed by atoms with E-state index in [0.29, 0.717) is 34.0 Å². The van der Waals surface area contributed by atoms with Crippen LogP contribution in [0.3, 0.4) is 0 Å². The van der Waals surface area contributed by atoms with E-state index in [-0.39, 0.29) is 23.5 Å². The van der Waals surface area contributed by atoms with E-state index in [9.17, 15) is 31.9 Å². The highest BCUT2D eigenvalue weighted by atomic mass is 32.2. The summed E-state index contributed by atoms with van der Waals surface area (Å²) in [6, 6.07) is 3.75. The highest BCUT2D eigenvalue weighted by Crippen LogP contribution is 2.46. The van der Waals surface area contributed by atoms with Crippen LogP contribution in [0.4, 0.5) is 14.5 Å². The van der Waals surface area contributed by atoms with Crippen LogP contribution < -0.4 is 15.8 Å². The van der Waals surface area contributed by atoms with Gasteiger partial charge in [0.1, 0.15) is 11.6 Å². The molecule has 1 aromatic carbocycles. The third-order valence-electron chi connectivity index (χ3n) is 6.45.